The van der Waals surface area contributed by atoms with Gasteiger partial charge in [0.1, 0.15) is 0 Å². The molecule has 0 saturated carbocycles. The zero-order chi connectivity index (χ0) is 17.1. The van der Waals surface area contributed by atoms with Crippen LogP contribution in [0.5, 0.6) is 0 Å². The zero-order valence-electron chi connectivity index (χ0n) is 14.6. The molecule has 3 atom stereocenters. The summed E-state index contributed by atoms with van der Waals surface area (Å²) in [5.74, 6) is 1.09. The van der Waals surface area contributed by atoms with Crippen molar-refractivity contribution in [3.63, 3.8) is 0 Å². The average Bonchev–Trinajstić information content (AvgIpc) is 3.05. The number of nitrogens with one attached hydrogen (secondary N) is 1. The van der Waals surface area contributed by atoms with E-state index in [1.807, 2.05) is 12.1 Å². The Kier molecular flexibility index (Phi) is 5.29. The number of carbonyl (C=O) groups is 1. The fourth-order valence-corrected chi connectivity index (χ4v) is 4.54. The first-order chi connectivity index (χ1) is 12.3. The lowest BCUT2D eigenvalue weighted by molar-refractivity contribution is -0.118. The molecule has 3 aliphatic rings. The Morgan fingerprint density at radius 3 is 3.00 bits per heavy atom. The molecule has 0 unspecified atom stereocenters. The van der Waals surface area contributed by atoms with E-state index in [1.165, 1.54) is 0 Å². The number of anilines is 1. The van der Waals surface area contributed by atoms with Crippen LogP contribution in [-0.4, -0.2) is 60.8 Å². The number of rotatable bonds is 4. The van der Waals surface area contributed by atoms with Crippen LogP contribution in [0.2, 0.25) is 0 Å². The Hall–Kier alpha value is -1.50. The van der Waals surface area contributed by atoms with Crippen LogP contribution >= 0.6 is 0 Å². The Balaban J connectivity index is 1.29. The summed E-state index contributed by atoms with van der Waals surface area (Å²) in [7, 11) is 0. The molecule has 1 N–H and O–H groups in total. The van der Waals surface area contributed by atoms with Gasteiger partial charge < -0.3 is 14.8 Å². The van der Waals surface area contributed by atoms with Crippen LogP contribution in [0.4, 0.5) is 5.69 Å². The summed E-state index contributed by atoms with van der Waals surface area (Å²) >= 11 is 0. The van der Waals surface area contributed by atoms with Crippen LogP contribution in [-0.2, 0) is 14.3 Å². The maximum Gasteiger partial charge on any atom is 0.227 e. The van der Waals surface area contributed by atoms with Crippen molar-refractivity contribution in [1.82, 2.24) is 9.88 Å². The van der Waals surface area contributed by atoms with Gasteiger partial charge in [0, 0.05) is 37.9 Å². The summed E-state index contributed by atoms with van der Waals surface area (Å²) in [5, 5.41) is 2.92. The van der Waals surface area contributed by atoms with Gasteiger partial charge in [-0.2, -0.15) is 0 Å². The number of piperidine rings is 1. The smallest absolute Gasteiger partial charge is 0.227 e. The number of hydrogen-bond donors (Lipinski definition) is 1. The van der Waals surface area contributed by atoms with Crippen molar-refractivity contribution in [1.29, 1.82) is 0 Å². The van der Waals surface area contributed by atoms with Crippen LogP contribution in [0.15, 0.2) is 24.5 Å². The number of fused-ring (bicyclic) bond motifs is 1. The number of likely N-dealkylation sites (tertiary alicyclic amines) is 1. The highest BCUT2D eigenvalue weighted by atomic mass is 16.5. The van der Waals surface area contributed by atoms with Gasteiger partial charge in [-0.3, -0.25) is 14.7 Å². The largest absolute Gasteiger partial charge is 0.381 e. The van der Waals surface area contributed by atoms with Gasteiger partial charge in [0.05, 0.1) is 31.0 Å². The van der Waals surface area contributed by atoms with E-state index in [2.05, 4.69) is 15.2 Å². The first-order valence-corrected chi connectivity index (χ1v) is 9.43. The Bertz CT molecular complexity index is 577. The van der Waals surface area contributed by atoms with E-state index >= 15 is 0 Å². The molecule has 3 saturated heterocycles. The molecule has 0 spiro atoms. The minimum Gasteiger partial charge on any atom is -0.381 e. The number of aromatic nitrogens is 1. The molecular weight excluding hydrogens is 318 g/mol. The molecule has 3 fully saturated rings. The van der Waals surface area contributed by atoms with Gasteiger partial charge in [-0.05, 0) is 43.9 Å². The molecule has 1 aromatic heterocycles. The highest BCUT2D eigenvalue weighted by Crippen LogP contribution is 2.37. The summed E-state index contributed by atoms with van der Waals surface area (Å²) in [4.78, 5) is 19.0. The predicted octanol–water partition coefficient (Wildman–Crippen LogP) is 1.93. The fourth-order valence-electron chi connectivity index (χ4n) is 4.54. The van der Waals surface area contributed by atoms with Crippen molar-refractivity contribution >= 4 is 11.6 Å². The van der Waals surface area contributed by atoms with Crippen LogP contribution in [0, 0.1) is 11.8 Å². The third kappa shape index (κ3) is 4.02. The van der Waals surface area contributed by atoms with Gasteiger partial charge in [-0.1, -0.05) is 0 Å². The molecule has 1 aromatic rings. The van der Waals surface area contributed by atoms with Crippen molar-refractivity contribution in [2.45, 2.75) is 37.8 Å². The quantitative estimate of drug-likeness (QED) is 0.903. The lowest BCUT2D eigenvalue weighted by Gasteiger charge is -2.41. The molecular formula is C19H27N3O3. The Morgan fingerprint density at radius 1 is 1.32 bits per heavy atom. The molecule has 0 aliphatic carbocycles. The van der Waals surface area contributed by atoms with E-state index in [0.717, 1.165) is 57.9 Å². The van der Waals surface area contributed by atoms with Gasteiger partial charge in [0.15, 0.2) is 0 Å². The number of pyridine rings is 1. The number of hydrogen-bond acceptors (Lipinski definition) is 5. The SMILES string of the molecule is O=C(C[C@@H]1OC[C@@H]2CN(C3CCOCC3)CC[C@@H]21)Nc1cccnc1. The summed E-state index contributed by atoms with van der Waals surface area (Å²) < 4.78 is 11.5. The van der Waals surface area contributed by atoms with E-state index in [9.17, 15) is 4.79 Å². The molecule has 4 rings (SSSR count). The van der Waals surface area contributed by atoms with Crippen molar-refractivity contribution in [3.05, 3.63) is 24.5 Å². The molecule has 4 heterocycles. The molecule has 0 aromatic carbocycles. The van der Waals surface area contributed by atoms with Crippen LogP contribution < -0.4 is 5.32 Å². The van der Waals surface area contributed by atoms with Gasteiger partial charge in [0.2, 0.25) is 5.91 Å². The standard InChI is InChI=1S/C19H27N3O3/c23-19(21-15-2-1-6-20-11-15)10-18-17-3-7-22(12-14(17)13-25-18)16-4-8-24-9-5-16/h1-2,6,11,14,16-18H,3-5,7-10,12-13H2,(H,21,23)/t14-,17-,18-/m0/s1. The number of carbonyl (C=O) groups excluding carboxylic acids is 1. The molecule has 3 aliphatic heterocycles. The molecule has 6 heteroatoms. The maximum atomic E-state index is 12.3. The molecule has 6 nitrogen and oxygen atoms in total. The summed E-state index contributed by atoms with van der Waals surface area (Å²) in [6.45, 7) is 4.80. The molecule has 25 heavy (non-hydrogen) atoms. The van der Waals surface area contributed by atoms with Crippen molar-refractivity contribution in [2.24, 2.45) is 11.8 Å². The minimum atomic E-state index is 0.0190. The normalized spacial score (nSPS) is 30.8. The van der Waals surface area contributed by atoms with Crippen LogP contribution in [0.3, 0.4) is 0 Å². The van der Waals surface area contributed by atoms with E-state index in [0.29, 0.717) is 24.3 Å². The Labute approximate surface area is 148 Å². The van der Waals surface area contributed by atoms with Crippen molar-refractivity contribution in [2.75, 3.05) is 38.2 Å². The molecule has 136 valence electrons. The fraction of sp³-hybridized carbons (Fsp3) is 0.684. The zero-order valence-corrected chi connectivity index (χ0v) is 14.6. The lowest BCUT2D eigenvalue weighted by atomic mass is 9.82. The summed E-state index contributed by atoms with van der Waals surface area (Å²) in [5.41, 5.74) is 0.747. The number of nitrogens with zero attached hydrogens (tertiary/aromatic N) is 2. The Morgan fingerprint density at radius 2 is 2.20 bits per heavy atom. The van der Waals surface area contributed by atoms with Gasteiger partial charge in [0.25, 0.3) is 0 Å². The van der Waals surface area contributed by atoms with Gasteiger partial charge in [-0.15, -0.1) is 0 Å². The maximum absolute atomic E-state index is 12.3. The third-order valence-corrected chi connectivity index (χ3v) is 5.87. The monoisotopic (exact) mass is 345 g/mol. The molecule has 0 bridgehead atoms. The second-order valence-corrected chi connectivity index (χ2v) is 7.42. The van der Waals surface area contributed by atoms with E-state index in [4.69, 9.17) is 9.47 Å². The van der Waals surface area contributed by atoms with E-state index in [1.54, 1.807) is 12.4 Å². The van der Waals surface area contributed by atoms with E-state index < -0.39 is 0 Å². The highest BCUT2D eigenvalue weighted by Gasteiger charge is 2.42. The topological polar surface area (TPSA) is 63.7 Å². The molecule has 0 radical (unpaired) electrons. The summed E-state index contributed by atoms with van der Waals surface area (Å²) in [6.07, 6.45) is 7.29. The van der Waals surface area contributed by atoms with Crippen molar-refractivity contribution in [3.8, 4) is 0 Å². The van der Waals surface area contributed by atoms with Gasteiger partial charge in [-0.25, -0.2) is 0 Å². The average molecular weight is 345 g/mol. The molecule has 1 amide bonds. The second-order valence-electron chi connectivity index (χ2n) is 7.42. The third-order valence-electron chi connectivity index (χ3n) is 5.87. The summed E-state index contributed by atoms with van der Waals surface area (Å²) in [6, 6.07) is 4.35. The first-order valence-electron chi connectivity index (χ1n) is 9.43. The van der Waals surface area contributed by atoms with Gasteiger partial charge >= 0.3 is 0 Å². The lowest BCUT2D eigenvalue weighted by Crippen LogP contribution is -2.48. The van der Waals surface area contributed by atoms with Crippen molar-refractivity contribution < 1.29 is 14.3 Å². The second kappa shape index (κ2) is 7.81. The van der Waals surface area contributed by atoms with Crippen LogP contribution in [0.25, 0.3) is 0 Å². The van der Waals surface area contributed by atoms with Crippen LogP contribution in [0.1, 0.15) is 25.7 Å². The first kappa shape index (κ1) is 16.9. The predicted molar refractivity (Wildman–Crippen MR) is 94.2 cm³/mol. The minimum absolute atomic E-state index is 0.0190. The highest BCUT2D eigenvalue weighted by molar-refractivity contribution is 5.90. The number of ether oxygens (including phenoxy) is 2. The number of amides is 1. The van der Waals surface area contributed by atoms with E-state index in [-0.39, 0.29) is 12.0 Å².